The molecule has 1 aromatic heterocycles. The van der Waals surface area contributed by atoms with Gasteiger partial charge in [-0.2, -0.15) is 5.10 Å². The van der Waals surface area contributed by atoms with Crippen molar-refractivity contribution in [1.29, 1.82) is 0 Å². The topological polar surface area (TPSA) is 71.8 Å². The molecule has 0 N–H and O–H groups in total. The lowest BCUT2D eigenvalue weighted by atomic mass is 10.2. The van der Waals surface area contributed by atoms with Gasteiger partial charge in [0.15, 0.2) is 17.2 Å². The molecule has 28 heavy (non-hydrogen) atoms. The fraction of sp³-hybridized carbons (Fsp3) is 0.200. The maximum atomic E-state index is 12.6. The van der Waals surface area contributed by atoms with Crippen LogP contribution in [0.5, 0.6) is 17.2 Å². The molecule has 7 nitrogen and oxygen atoms in total. The summed E-state index contributed by atoms with van der Waals surface area (Å²) in [5, 5.41) is 4.32. The Labute approximate surface area is 169 Å². The van der Waals surface area contributed by atoms with Crippen LogP contribution in [0, 0.1) is 0 Å². The van der Waals surface area contributed by atoms with Crippen molar-refractivity contribution < 1.29 is 23.7 Å². The molecule has 0 saturated heterocycles. The smallest absolute Gasteiger partial charge is 0.363 e. The molecule has 2 aromatic carbocycles. The zero-order valence-corrected chi connectivity index (χ0v) is 16.6. The second-order valence-electron chi connectivity index (χ2n) is 5.99. The molecular weight excluding hydrogens is 428 g/mol. The number of para-hydroxylation sites is 1. The lowest BCUT2D eigenvalue weighted by molar-refractivity contribution is 0.0460. The number of ether oxygens (including phenoxy) is 4. The van der Waals surface area contributed by atoms with Crippen molar-refractivity contribution >= 4 is 21.9 Å². The first kappa shape index (κ1) is 18.4. The molecule has 0 unspecified atom stereocenters. The summed E-state index contributed by atoms with van der Waals surface area (Å²) in [6.45, 7) is 1.05. The minimum atomic E-state index is -0.576. The monoisotopic (exact) mass is 444 g/mol. The summed E-state index contributed by atoms with van der Waals surface area (Å²) in [6, 6.07) is 13.1. The van der Waals surface area contributed by atoms with Crippen LogP contribution in [0.25, 0.3) is 5.69 Å². The Morgan fingerprint density at radius 3 is 2.61 bits per heavy atom. The first-order valence-electron chi connectivity index (χ1n) is 8.60. The zero-order chi connectivity index (χ0) is 19.5. The minimum absolute atomic E-state index is 0.0530. The van der Waals surface area contributed by atoms with Crippen molar-refractivity contribution in [3.63, 3.8) is 0 Å². The van der Waals surface area contributed by atoms with E-state index in [1.165, 1.54) is 7.11 Å². The Morgan fingerprint density at radius 1 is 1.18 bits per heavy atom. The van der Waals surface area contributed by atoms with Crippen molar-refractivity contribution in [1.82, 2.24) is 9.78 Å². The number of hydrogen-bond donors (Lipinski definition) is 0. The number of fused-ring (bicyclic) bond motifs is 1. The Bertz CT molecular complexity index is 1000. The van der Waals surface area contributed by atoms with Crippen LogP contribution < -0.4 is 14.2 Å². The number of nitrogens with zero attached hydrogens (tertiary/aromatic N) is 2. The first-order valence-corrected chi connectivity index (χ1v) is 9.39. The number of aromatic nitrogens is 2. The van der Waals surface area contributed by atoms with Gasteiger partial charge in [0.05, 0.1) is 19.0 Å². The molecule has 8 heteroatoms. The van der Waals surface area contributed by atoms with Gasteiger partial charge in [-0.15, -0.1) is 0 Å². The van der Waals surface area contributed by atoms with E-state index in [1.807, 2.05) is 36.4 Å². The van der Waals surface area contributed by atoms with Crippen molar-refractivity contribution in [3.05, 3.63) is 64.4 Å². The standard InChI is InChI=1S/C20H17BrN2O5/c1-25-18-11-23(14-5-3-2-4-6-14)22-19(18)20(24)28-12-13-9-16-17(10-15(13)21)27-8-7-26-16/h2-6,9-11H,7-8,12H2,1H3. The second kappa shape index (κ2) is 7.93. The van der Waals surface area contributed by atoms with Crippen LogP contribution >= 0.6 is 15.9 Å². The number of carbonyl (C=O) groups excluding carboxylic acids is 1. The molecule has 0 radical (unpaired) electrons. The fourth-order valence-electron chi connectivity index (χ4n) is 2.79. The first-order chi connectivity index (χ1) is 13.7. The molecule has 0 amide bonds. The Hall–Kier alpha value is -3.00. The van der Waals surface area contributed by atoms with Gasteiger partial charge in [-0.05, 0) is 24.3 Å². The van der Waals surface area contributed by atoms with Crippen LogP contribution in [0.3, 0.4) is 0 Å². The fourth-order valence-corrected chi connectivity index (χ4v) is 3.23. The van der Waals surface area contributed by atoms with Crippen LogP contribution in [-0.4, -0.2) is 36.1 Å². The van der Waals surface area contributed by atoms with Crippen molar-refractivity contribution in [2.45, 2.75) is 6.61 Å². The van der Waals surface area contributed by atoms with E-state index in [0.717, 1.165) is 15.7 Å². The van der Waals surface area contributed by atoms with E-state index in [9.17, 15) is 4.79 Å². The van der Waals surface area contributed by atoms with Crippen LogP contribution in [0.4, 0.5) is 0 Å². The highest BCUT2D eigenvalue weighted by molar-refractivity contribution is 9.10. The lowest BCUT2D eigenvalue weighted by Gasteiger charge is -2.19. The van der Waals surface area contributed by atoms with E-state index in [4.69, 9.17) is 18.9 Å². The van der Waals surface area contributed by atoms with E-state index < -0.39 is 5.97 Å². The van der Waals surface area contributed by atoms with Gasteiger partial charge in [-0.25, -0.2) is 9.48 Å². The van der Waals surface area contributed by atoms with Gasteiger partial charge in [-0.3, -0.25) is 0 Å². The van der Waals surface area contributed by atoms with Crippen molar-refractivity contribution in [3.8, 4) is 22.9 Å². The quantitative estimate of drug-likeness (QED) is 0.557. The molecule has 0 saturated carbocycles. The number of hydrogen-bond acceptors (Lipinski definition) is 6. The summed E-state index contributed by atoms with van der Waals surface area (Å²) < 4.78 is 24.2. The highest BCUT2D eigenvalue weighted by atomic mass is 79.9. The molecule has 144 valence electrons. The third-order valence-corrected chi connectivity index (χ3v) is 4.92. The average Bonchev–Trinajstić information content (AvgIpc) is 3.17. The number of carbonyl (C=O) groups is 1. The summed E-state index contributed by atoms with van der Waals surface area (Å²) >= 11 is 3.47. The minimum Gasteiger partial charge on any atom is -0.493 e. The summed E-state index contributed by atoms with van der Waals surface area (Å²) in [7, 11) is 1.49. The van der Waals surface area contributed by atoms with Gasteiger partial charge >= 0.3 is 5.97 Å². The third-order valence-electron chi connectivity index (χ3n) is 4.18. The Kier molecular flexibility index (Phi) is 5.21. The molecule has 1 aliphatic heterocycles. The number of halogens is 1. The maximum Gasteiger partial charge on any atom is 0.363 e. The van der Waals surface area contributed by atoms with Crippen LogP contribution in [0.15, 0.2) is 53.1 Å². The normalized spacial score (nSPS) is 12.5. The Morgan fingerprint density at radius 2 is 1.89 bits per heavy atom. The molecule has 3 aromatic rings. The van der Waals surface area contributed by atoms with Crippen molar-refractivity contribution in [2.75, 3.05) is 20.3 Å². The summed E-state index contributed by atoms with van der Waals surface area (Å²) in [6.07, 6.45) is 1.64. The van der Waals surface area contributed by atoms with E-state index >= 15 is 0 Å². The highest BCUT2D eigenvalue weighted by Gasteiger charge is 2.21. The van der Waals surface area contributed by atoms with Gasteiger partial charge in [0.1, 0.15) is 19.8 Å². The highest BCUT2D eigenvalue weighted by Crippen LogP contribution is 2.36. The zero-order valence-electron chi connectivity index (χ0n) is 15.1. The van der Waals surface area contributed by atoms with E-state index in [-0.39, 0.29) is 12.3 Å². The van der Waals surface area contributed by atoms with Gasteiger partial charge < -0.3 is 18.9 Å². The molecule has 0 aliphatic carbocycles. The van der Waals surface area contributed by atoms with Crippen molar-refractivity contribution in [2.24, 2.45) is 0 Å². The molecule has 1 aliphatic rings. The number of methoxy groups -OCH3 is 1. The molecule has 0 spiro atoms. The second-order valence-corrected chi connectivity index (χ2v) is 6.84. The molecule has 4 rings (SSSR count). The lowest BCUT2D eigenvalue weighted by Crippen LogP contribution is -2.16. The predicted molar refractivity (Wildman–Crippen MR) is 104 cm³/mol. The summed E-state index contributed by atoms with van der Waals surface area (Å²) in [5.74, 6) is 1.06. The number of benzene rings is 2. The number of esters is 1. The third kappa shape index (κ3) is 3.68. The predicted octanol–water partition coefficient (Wildman–Crippen LogP) is 3.77. The largest absolute Gasteiger partial charge is 0.493 e. The number of rotatable bonds is 5. The molecule has 2 heterocycles. The molecule has 0 atom stereocenters. The molecule has 0 bridgehead atoms. The average molecular weight is 445 g/mol. The van der Waals surface area contributed by atoms with E-state index in [1.54, 1.807) is 16.9 Å². The maximum absolute atomic E-state index is 12.6. The molecule has 0 fully saturated rings. The van der Waals surface area contributed by atoms with Crippen LogP contribution in [-0.2, 0) is 11.3 Å². The van der Waals surface area contributed by atoms with E-state index in [0.29, 0.717) is 30.5 Å². The van der Waals surface area contributed by atoms with E-state index in [2.05, 4.69) is 21.0 Å². The van der Waals surface area contributed by atoms with Crippen LogP contribution in [0.1, 0.15) is 16.1 Å². The van der Waals surface area contributed by atoms with Gasteiger partial charge in [0.2, 0.25) is 5.69 Å². The summed E-state index contributed by atoms with van der Waals surface area (Å²) in [5.41, 5.74) is 1.69. The van der Waals surface area contributed by atoms with Crippen LogP contribution in [0.2, 0.25) is 0 Å². The van der Waals surface area contributed by atoms with Gasteiger partial charge in [0.25, 0.3) is 0 Å². The summed E-state index contributed by atoms with van der Waals surface area (Å²) in [4.78, 5) is 12.6. The van der Waals surface area contributed by atoms with Gasteiger partial charge in [-0.1, -0.05) is 34.1 Å². The molecular formula is C20H17BrN2O5. The SMILES string of the molecule is COc1cn(-c2ccccc2)nc1C(=O)OCc1cc2c(cc1Br)OCCO2. The Balaban J connectivity index is 1.52. The van der Waals surface area contributed by atoms with Gasteiger partial charge in [0, 0.05) is 10.0 Å².